The van der Waals surface area contributed by atoms with Gasteiger partial charge in [0.1, 0.15) is 0 Å². The number of imidazole rings is 1. The third kappa shape index (κ3) is 4.02. The molecular formula is C12H22N4O2S. The molecule has 2 N–H and O–H groups in total. The summed E-state index contributed by atoms with van der Waals surface area (Å²) in [5, 5.41) is 0.117. The minimum atomic E-state index is -3.48. The van der Waals surface area contributed by atoms with Crippen LogP contribution in [0.3, 0.4) is 0 Å². The Morgan fingerprint density at radius 3 is 3.05 bits per heavy atom. The molecule has 19 heavy (non-hydrogen) atoms. The second kappa shape index (κ2) is 6.02. The molecule has 0 bridgehead atoms. The molecule has 1 aromatic heterocycles. The molecule has 1 aliphatic rings. The van der Waals surface area contributed by atoms with Crippen molar-refractivity contribution in [1.82, 2.24) is 19.6 Å². The number of nitrogens with one attached hydrogen (secondary N) is 2. The number of hydrogen-bond acceptors (Lipinski definition) is 4. The smallest absolute Gasteiger partial charge is 0.257 e. The highest BCUT2D eigenvalue weighted by Crippen LogP contribution is 2.15. The van der Waals surface area contributed by atoms with Crippen molar-refractivity contribution in [3.63, 3.8) is 0 Å². The molecule has 1 aliphatic heterocycles. The van der Waals surface area contributed by atoms with Gasteiger partial charge in [-0.15, -0.1) is 0 Å². The largest absolute Gasteiger partial charge is 0.335 e. The Hall–Kier alpha value is -0.920. The molecule has 2 rings (SSSR count). The number of piperidine rings is 1. The SMILES string of the molecule is CC1CCCN(CC(C)NS(=O)(=O)c2cnc[nH]2)C1. The van der Waals surface area contributed by atoms with Gasteiger partial charge in [0.15, 0.2) is 5.03 Å². The van der Waals surface area contributed by atoms with Crippen LogP contribution < -0.4 is 4.72 Å². The zero-order valence-corrected chi connectivity index (χ0v) is 12.3. The standard InChI is InChI=1S/C12H22N4O2S/c1-10-4-3-5-16(7-10)8-11(2)15-19(17,18)12-6-13-9-14-12/h6,9-11,15H,3-5,7-8H2,1-2H3,(H,13,14). The van der Waals surface area contributed by atoms with Crippen molar-refractivity contribution >= 4 is 10.0 Å². The van der Waals surface area contributed by atoms with Crippen LogP contribution in [0.4, 0.5) is 0 Å². The number of aromatic nitrogens is 2. The normalized spacial score (nSPS) is 23.4. The molecule has 0 saturated carbocycles. The Balaban J connectivity index is 1.89. The lowest BCUT2D eigenvalue weighted by Crippen LogP contribution is -2.45. The summed E-state index contributed by atoms with van der Waals surface area (Å²) in [6.07, 6.45) is 5.15. The first-order valence-electron chi connectivity index (χ1n) is 6.70. The fourth-order valence-corrected chi connectivity index (χ4v) is 3.73. The number of aromatic amines is 1. The van der Waals surface area contributed by atoms with Gasteiger partial charge in [-0.3, -0.25) is 0 Å². The number of hydrogen-bond donors (Lipinski definition) is 2. The summed E-state index contributed by atoms with van der Waals surface area (Å²) in [4.78, 5) is 8.68. The van der Waals surface area contributed by atoms with Crippen LogP contribution in [0.1, 0.15) is 26.7 Å². The predicted octanol–water partition coefficient (Wildman–Crippen LogP) is 0.808. The molecular weight excluding hydrogens is 264 g/mol. The van der Waals surface area contributed by atoms with Crippen LogP contribution in [0.5, 0.6) is 0 Å². The molecule has 0 aromatic carbocycles. The second-order valence-electron chi connectivity index (χ2n) is 5.45. The molecule has 2 heterocycles. The quantitative estimate of drug-likeness (QED) is 0.839. The fourth-order valence-electron chi connectivity index (χ4n) is 2.60. The lowest BCUT2D eigenvalue weighted by atomic mass is 10.00. The Morgan fingerprint density at radius 2 is 2.42 bits per heavy atom. The summed E-state index contributed by atoms with van der Waals surface area (Å²) in [5.41, 5.74) is 0. The zero-order valence-electron chi connectivity index (χ0n) is 11.5. The van der Waals surface area contributed by atoms with Gasteiger partial charge in [0.05, 0.1) is 12.5 Å². The van der Waals surface area contributed by atoms with Crippen molar-refractivity contribution in [3.8, 4) is 0 Å². The molecule has 0 aliphatic carbocycles. The van der Waals surface area contributed by atoms with Crippen molar-refractivity contribution in [1.29, 1.82) is 0 Å². The van der Waals surface area contributed by atoms with Crippen LogP contribution in [0.25, 0.3) is 0 Å². The molecule has 7 heteroatoms. The van der Waals surface area contributed by atoms with E-state index in [1.54, 1.807) is 0 Å². The monoisotopic (exact) mass is 286 g/mol. The molecule has 0 spiro atoms. The number of H-pyrrole nitrogens is 1. The molecule has 0 radical (unpaired) electrons. The van der Waals surface area contributed by atoms with Gasteiger partial charge in [0.2, 0.25) is 0 Å². The van der Waals surface area contributed by atoms with E-state index in [0.29, 0.717) is 5.92 Å². The van der Waals surface area contributed by atoms with E-state index in [4.69, 9.17) is 0 Å². The van der Waals surface area contributed by atoms with Gasteiger partial charge in [-0.2, -0.15) is 0 Å². The third-order valence-corrected chi connectivity index (χ3v) is 4.91. The molecule has 0 amide bonds. The summed E-state index contributed by atoms with van der Waals surface area (Å²) in [6.45, 7) is 6.99. The van der Waals surface area contributed by atoms with E-state index < -0.39 is 10.0 Å². The van der Waals surface area contributed by atoms with Crippen LogP contribution in [-0.4, -0.2) is 49.0 Å². The minimum Gasteiger partial charge on any atom is -0.335 e. The number of sulfonamides is 1. The van der Waals surface area contributed by atoms with Gasteiger partial charge in [-0.05, 0) is 32.2 Å². The Morgan fingerprint density at radius 1 is 1.63 bits per heavy atom. The summed E-state index contributed by atoms with van der Waals surface area (Å²) >= 11 is 0. The number of nitrogens with zero attached hydrogens (tertiary/aromatic N) is 2. The summed E-state index contributed by atoms with van der Waals surface area (Å²) < 4.78 is 26.7. The first-order chi connectivity index (χ1) is 8.97. The van der Waals surface area contributed by atoms with Crippen LogP contribution in [0.2, 0.25) is 0 Å². The Kier molecular flexibility index (Phi) is 4.59. The minimum absolute atomic E-state index is 0.112. The molecule has 1 fully saturated rings. The molecule has 1 saturated heterocycles. The van der Waals surface area contributed by atoms with Crippen molar-refractivity contribution in [2.75, 3.05) is 19.6 Å². The Bertz CT molecular complexity index is 486. The molecule has 108 valence electrons. The van der Waals surface area contributed by atoms with E-state index >= 15 is 0 Å². The van der Waals surface area contributed by atoms with Crippen molar-refractivity contribution in [2.24, 2.45) is 5.92 Å². The summed E-state index contributed by atoms with van der Waals surface area (Å²) in [6, 6.07) is -0.112. The second-order valence-corrected chi connectivity index (χ2v) is 7.13. The van der Waals surface area contributed by atoms with Crippen LogP contribution >= 0.6 is 0 Å². The summed E-state index contributed by atoms with van der Waals surface area (Å²) in [7, 11) is -3.48. The van der Waals surface area contributed by atoms with Gasteiger partial charge in [-0.1, -0.05) is 6.92 Å². The lowest BCUT2D eigenvalue weighted by molar-refractivity contribution is 0.174. The fraction of sp³-hybridized carbons (Fsp3) is 0.750. The zero-order chi connectivity index (χ0) is 13.9. The average molecular weight is 286 g/mol. The van der Waals surface area contributed by atoms with Gasteiger partial charge in [0.25, 0.3) is 10.0 Å². The van der Waals surface area contributed by atoms with Crippen molar-refractivity contribution in [3.05, 3.63) is 12.5 Å². The first kappa shape index (κ1) is 14.5. The first-order valence-corrected chi connectivity index (χ1v) is 8.19. The van der Waals surface area contributed by atoms with Crippen LogP contribution in [0, 0.1) is 5.92 Å². The average Bonchev–Trinajstić information content (AvgIpc) is 2.81. The number of likely N-dealkylation sites (tertiary alicyclic amines) is 1. The predicted molar refractivity (Wildman–Crippen MR) is 73.2 cm³/mol. The molecule has 2 atom stereocenters. The van der Waals surface area contributed by atoms with E-state index in [2.05, 4.69) is 26.5 Å². The highest BCUT2D eigenvalue weighted by atomic mass is 32.2. The number of rotatable bonds is 5. The van der Waals surface area contributed by atoms with Crippen molar-refractivity contribution < 1.29 is 8.42 Å². The molecule has 1 aromatic rings. The Labute approximate surface area is 114 Å². The van der Waals surface area contributed by atoms with E-state index in [-0.39, 0.29) is 11.1 Å². The highest BCUT2D eigenvalue weighted by Gasteiger charge is 2.22. The van der Waals surface area contributed by atoms with E-state index in [9.17, 15) is 8.42 Å². The maximum Gasteiger partial charge on any atom is 0.257 e. The molecule has 6 nitrogen and oxygen atoms in total. The van der Waals surface area contributed by atoms with E-state index in [0.717, 1.165) is 19.6 Å². The van der Waals surface area contributed by atoms with E-state index in [1.807, 2.05) is 6.92 Å². The van der Waals surface area contributed by atoms with Crippen LogP contribution in [-0.2, 0) is 10.0 Å². The lowest BCUT2D eigenvalue weighted by Gasteiger charge is -2.32. The van der Waals surface area contributed by atoms with Crippen LogP contribution in [0.15, 0.2) is 17.6 Å². The molecule has 2 unspecified atom stereocenters. The topological polar surface area (TPSA) is 78.1 Å². The van der Waals surface area contributed by atoms with Gasteiger partial charge >= 0.3 is 0 Å². The van der Waals surface area contributed by atoms with Gasteiger partial charge in [0, 0.05) is 19.1 Å². The van der Waals surface area contributed by atoms with E-state index in [1.165, 1.54) is 25.4 Å². The third-order valence-electron chi connectivity index (χ3n) is 3.39. The summed E-state index contributed by atoms with van der Waals surface area (Å²) in [5.74, 6) is 0.699. The van der Waals surface area contributed by atoms with Crippen molar-refractivity contribution in [2.45, 2.75) is 37.8 Å². The maximum absolute atomic E-state index is 12.0. The van der Waals surface area contributed by atoms with Gasteiger partial charge in [-0.25, -0.2) is 18.1 Å². The maximum atomic E-state index is 12.0. The highest BCUT2D eigenvalue weighted by molar-refractivity contribution is 7.89. The van der Waals surface area contributed by atoms with Gasteiger partial charge < -0.3 is 9.88 Å².